The molecule has 4 heterocycles. The summed E-state index contributed by atoms with van der Waals surface area (Å²) in [4.78, 5) is 30.1. The number of hydrogen-bond acceptors (Lipinski definition) is 5. The number of nitrogens with one attached hydrogen (secondary N) is 1. The molecule has 0 aromatic carbocycles. The van der Waals surface area contributed by atoms with Crippen LogP contribution in [-0.2, 0) is 22.7 Å². The second kappa shape index (κ2) is 8.29. The highest BCUT2D eigenvalue weighted by molar-refractivity contribution is 5.81. The molecule has 0 spiro atoms. The lowest BCUT2D eigenvalue weighted by molar-refractivity contribution is -0.153. The van der Waals surface area contributed by atoms with Crippen molar-refractivity contribution < 1.29 is 9.59 Å². The van der Waals surface area contributed by atoms with Gasteiger partial charge in [0.25, 0.3) is 0 Å². The first kappa shape index (κ1) is 21.3. The van der Waals surface area contributed by atoms with E-state index in [1.807, 2.05) is 20.8 Å². The Morgan fingerprint density at radius 2 is 2.03 bits per heavy atom. The number of fused-ring (bicyclic) bond motifs is 4. The Morgan fingerprint density at radius 3 is 2.77 bits per heavy atom. The molecule has 2 bridgehead atoms. The van der Waals surface area contributed by atoms with Gasteiger partial charge in [-0.15, -0.1) is 10.2 Å². The summed E-state index contributed by atoms with van der Waals surface area (Å²) in [5.74, 6) is 2.21. The van der Waals surface area contributed by atoms with Crippen molar-refractivity contribution in [3.63, 3.8) is 0 Å². The van der Waals surface area contributed by atoms with Crippen molar-refractivity contribution in [1.82, 2.24) is 29.9 Å². The molecule has 8 nitrogen and oxygen atoms in total. The molecule has 1 aromatic heterocycles. The molecule has 8 heteroatoms. The van der Waals surface area contributed by atoms with Gasteiger partial charge in [-0.25, -0.2) is 0 Å². The quantitative estimate of drug-likeness (QED) is 0.789. The Bertz CT molecular complexity index is 785. The fourth-order valence-corrected chi connectivity index (χ4v) is 5.59. The molecule has 1 N–H and O–H groups in total. The summed E-state index contributed by atoms with van der Waals surface area (Å²) >= 11 is 0. The minimum absolute atomic E-state index is 0.0503. The number of nitrogens with zero attached hydrogens (tertiary/aromatic N) is 5. The van der Waals surface area contributed by atoms with Crippen LogP contribution in [0.15, 0.2) is 6.33 Å². The van der Waals surface area contributed by atoms with Crippen LogP contribution < -0.4 is 5.32 Å². The predicted molar refractivity (Wildman–Crippen MR) is 113 cm³/mol. The zero-order chi connectivity index (χ0) is 21.5. The number of aryl methyl sites for hydroxylation is 1. The summed E-state index contributed by atoms with van der Waals surface area (Å²) < 4.78 is 2.10. The molecule has 0 radical (unpaired) electrons. The van der Waals surface area contributed by atoms with Gasteiger partial charge in [-0.1, -0.05) is 20.8 Å². The third-order valence-corrected chi connectivity index (χ3v) is 7.13. The second-order valence-corrected chi connectivity index (χ2v) is 10.3. The number of piperidine rings is 3. The lowest BCUT2D eigenvalue weighted by Crippen LogP contribution is -2.67. The average molecular weight is 417 g/mol. The molecule has 0 unspecified atom stereocenters. The normalized spacial score (nSPS) is 29.6. The molecule has 3 saturated heterocycles. The monoisotopic (exact) mass is 416 g/mol. The topological polar surface area (TPSA) is 83.4 Å². The van der Waals surface area contributed by atoms with Crippen molar-refractivity contribution in [1.29, 1.82) is 0 Å². The summed E-state index contributed by atoms with van der Waals surface area (Å²) in [6, 6.07) is 0.378. The summed E-state index contributed by atoms with van der Waals surface area (Å²) in [7, 11) is 0. The maximum atomic E-state index is 12.9. The molecule has 3 fully saturated rings. The van der Waals surface area contributed by atoms with Gasteiger partial charge in [-0.2, -0.15) is 0 Å². The van der Waals surface area contributed by atoms with Gasteiger partial charge >= 0.3 is 0 Å². The van der Waals surface area contributed by atoms with E-state index in [2.05, 4.69) is 36.8 Å². The number of aromatic nitrogens is 3. The predicted octanol–water partition coefficient (Wildman–Crippen LogP) is 1.66. The molecule has 0 aliphatic carbocycles. The first-order valence-electron chi connectivity index (χ1n) is 11.5. The molecule has 3 aliphatic rings. The molecule has 4 atom stereocenters. The second-order valence-electron chi connectivity index (χ2n) is 10.3. The molecule has 4 rings (SSSR count). The number of amides is 2. The fraction of sp³-hybridized carbons (Fsp3) is 0.818. The molecule has 3 aliphatic heterocycles. The van der Waals surface area contributed by atoms with E-state index in [0.717, 1.165) is 51.3 Å². The maximum Gasteiger partial charge on any atom is 0.225 e. The number of rotatable bonds is 5. The SMILES string of the molecule is CCn1cnnc1CN1C[C@H]2C[C@@H](C1)[C@H](CNC(=O)C(C)(C)C)N1C(=O)CCC[C@@H]21. The van der Waals surface area contributed by atoms with Crippen LogP contribution in [0.3, 0.4) is 0 Å². The standard InChI is InChI=1S/C22H36N6O2/c1-5-27-14-24-25-19(27)13-26-11-15-9-16(12-26)18(10-23-21(30)22(2,3)4)28-17(15)7-6-8-20(28)29/h14-18H,5-13H2,1-4H3,(H,23,30)/t15-,16+,17+,18+/m1/s1. The molecule has 1 aromatic rings. The minimum atomic E-state index is -0.425. The first-order chi connectivity index (χ1) is 14.3. The lowest BCUT2D eigenvalue weighted by Gasteiger charge is -2.56. The highest BCUT2D eigenvalue weighted by atomic mass is 16.2. The highest BCUT2D eigenvalue weighted by Gasteiger charge is 2.49. The smallest absolute Gasteiger partial charge is 0.225 e. The number of carbonyl (C=O) groups excluding carboxylic acids is 2. The van der Waals surface area contributed by atoms with E-state index in [9.17, 15) is 9.59 Å². The van der Waals surface area contributed by atoms with Crippen molar-refractivity contribution in [2.24, 2.45) is 17.3 Å². The van der Waals surface area contributed by atoms with Crippen molar-refractivity contribution in [2.45, 2.75) is 78.6 Å². The van der Waals surface area contributed by atoms with Crippen LogP contribution >= 0.6 is 0 Å². The van der Waals surface area contributed by atoms with E-state index in [4.69, 9.17) is 0 Å². The molecular weight excluding hydrogens is 380 g/mol. The van der Waals surface area contributed by atoms with Crippen molar-refractivity contribution in [3.05, 3.63) is 12.2 Å². The third-order valence-electron chi connectivity index (χ3n) is 7.13. The Labute approximate surface area is 179 Å². The Balaban J connectivity index is 1.52. The van der Waals surface area contributed by atoms with Gasteiger partial charge in [0.2, 0.25) is 11.8 Å². The average Bonchev–Trinajstić information content (AvgIpc) is 3.14. The summed E-state index contributed by atoms with van der Waals surface area (Å²) in [6.45, 7) is 12.0. The Morgan fingerprint density at radius 1 is 1.27 bits per heavy atom. The van der Waals surface area contributed by atoms with Gasteiger partial charge < -0.3 is 14.8 Å². The van der Waals surface area contributed by atoms with Crippen molar-refractivity contribution >= 4 is 11.8 Å². The van der Waals surface area contributed by atoms with E-state index in [1.54, 1.807) is 6.33 Å². The van der Waals surface area contributed by atoms with Crippen LogP contribution in [0.5, 0.6) is 0 Å². The van der Waals surface area contributed by atoms with E-state index < -0.39 is 5.41 Å². The van der Waals surface area contributed by atoms with Gasteiger partial charge in [0.1, 0.15) is 12.2 Å². The molecule has 166 valence electrons. The maximum absolute atomic E-state index is 12.9. The van der Waals surface area contributed by atoms with Gasteiger partial charge in [-0.3, -0.25) is 14.5 Å². The Kier molecular flexibility index (Phi) is 5.88. The third kappa shape index (κ3) is 4.11. The van der Waals surface area contributed by atoms with Crippen LogP contribution in [-0.4, -0.2) is 68.1 Å². The van der Waals surface area contributed by atoms with E-state index in [1.165, 1.54) is 0 Å². The van der Waals surface area contributed by atoms with Gasteiger partial charge in [0.15, 0.2) is 0 Å². The van der Waals surface area contributed by atoms with Crippen LogP contribution in [0.4, 0.5) is 0 Å². The number of hydrogen-bond donors (Lipinski definition) is 1. The zero-order valence-corrected chi connectivity index (χ0v) is 18.8. The molecule has 0 saturated carbocycles. The van der Waals surface area contributed by atoms with Crippen LogP contribution in [0, 0.1) is 17.3 Å². The fourth-order valence-electron chi connectivity index (χ4n) is 5.59. The van der Waals surface area contributed by atoms with Crippen LogP contribution in [0.1, 0.15) is 59.2 Å². The molecular formula is C22H36N6O2. The van der Waals surface area contributed by atoms with Crippen LogP contribution in [0.25, 0.3) is 0 Å². The van der Waals surface area contributed by atoms with Gasteiger partial charge in [0, 0.05) is 44.1 Å². The van der Waals surface area contributed by atoms with Crippen molar-refractivity contribution in [2.75, 3.05) is 19.6 Å². The molecule has 2 amide bonds. The zero-order valence-electron chi connectivity index (χ0n) is 18.8. The summed E-state index contributed by atoms with van der Waals surface area (Å²) in [6.07, 6.45) is 5.63. The van der Waals surface area contributed by atoms with Crippen LogP contribution in [0.2, 0.25) is 0 Å². The van der Waals surface area contributed by atoms with E-state index in [0.29, 0.717) is 30.8 Å². The Hall–Kier alpha value is -1.96. The minimum Gasteiger partial charge on any atom is -0.354 e. The summed E-state index contributed by atoms with van der Waals surface area (Å²) in [5.41, 5.74) is -0.425. The highest BCUT2D eigenvalue weighted by Crippen LogP contribution is 2.41. The van der Waals surface area contributed by atoms with Gasteiger partial charge in [0.05, 0.1) is 12.6 Å². The number of likely N-dealkylation sites (tertiary alicyclic amines) is 1. The first-order valence-corrected chi connectivity index (χ1v) is 11.5. The van der Waals surface area contributed by atoms with Crippen molar-refractivity contribution in [3.8, 4) is 0 Å². The van der Waals surface area contributed by atoms with E-state index >= 15 is 0 Å². The number of carbonyl (C=O) groups is 2. The summed E-state index contributed by atoms with van der Waals surface area (Å²) in [5, 5.41) is 11.6. The van der Waals surface area contributed by atoms with E-state index in [-0.39, 0.29) is 17.9 Å². The van der Waals surface area contributed by atoms with Gasteiger partial charge in [-0.05, 0) is 38.0 Å². The lowest BCUT2D eigenvalue weighted by atomic mass is 9.72. The molecule has 30 heavy (non-hydrogen) atoms. The largest absolute Gasteiger partial charge is 0.354 e.